The highest BCUT2D eigenvalue weighted by atomic mass is 32.2. The van der Waals surface area contributed by atoms with Gasteiger partial charge in [-0.1, -0.05) is 42.1 Å². The molecule has 20 heavy (non-hydrogen) atoms. The number of amides is 1. The molecule has 1 heterocycles. The lowest BCUT2D eigenvalue weighted by atomic mass is 10.2. The van der Waals surface area contributed by atoms with Crippen LogP contribution in [0, 0.1) is 0 Å². The van der Waals surface area contributed by atoms with Gasteiger partial charge in [0.05, 0.1) is 6.61 Å². The van der Waals surface area contributed by atoms with Gasteiger partial charge in [-0.2, -0.15) is 0 Å². The fraction of sp³-hybridized carbons (Fsp3) is 0.267. The summed E-state index contributed by atoms with van der Waals surface area (Å²) in [5.41, 5.74) is 1.02. The zero-order valence-electron chi connectivity index (χ0n) is 11.3. The first-order valence-corrected chi connectivity index (χ1v) is 7.55. The van der Waals surface area contributed by atoms with Crippen LogP contribution in [0.1, 0.15) is 16.1 Å². The Morgan fingerprint density at radius 2 is 2.00 bits per heavy atom. The zero-order valence-corrected chi connectivity index (χ0v) is 12.1. The molecule has 0 saturated carbocycles. The van der Waals surface area contributed by atoms with Crippen molar-refractivity contribution in [3.8, 4) is 0 Å². The number of furan rings is 1. The maximum absolute atomic E-state index is 12.4. The van der Waals surface area contributed by atoms with Gasteiger partial charge in [0.2, 0.25) is 0 Å². The molecular formula is C15H17NO3S. The number of carbonyl (C=O) groups is 1. The third-order valence-electron chi connectivity index (χ3n) is 2.87. The molecule has 0 unspecified atom stereocenters. The third-order valence-corrected chi connectivity index (χ3v) is 3.49. The van der Waals surface area contributed by atoms with Crippen molar-refractivity contribution >= 4 is 17.7 Å². The second kappa shape index (κ2) is 7.17. The molecule has 1 aromatic heterocycles. The number of hydrogen-bond donors (Lipinski definition) is 1. The Bertz CT molecular complexity index is 553. The molecule has 0 atom stereocenters. The topological polar surface area (TPSA) is 53.7 Å². The second-order valence-corrected chi connectivity index (χ2v) is 5.07. The summed E-state index contributed by atoms with van der Waals surface area (Å²) >= 11 is 1.45. The van der Waals surface area contributed by atoms with E-state index in [1.54, 1.807) is 17.0 Å². The number of hydrogen-bond acceptors (Lipinski definition) is 4. The summed E-state index contributed by atoms with van der Waals surface area (Å²) in [5.74, 6) is 0.0990. The molecule has 5 heteroatoms. The Morgan fingerprint density at radius 1 is 1.25 bits per heavy atom. The van der Waals surface area contributed by atoms with Crippen LogP contribution in [0.5, 0.6) is 0 Å². The number of thioether (sulfide) groups is 1. The lowest BCUT2D eigenvalue weighted by Crippen LogP contribution is -2.32. The van der Waals surface area contributed by atoms with Gasteiger partial charge in [0.1, 0.15) is 0 Å². The van der Waals surface area contributed by atoms with Gasteiger partial charge in [0, 0.05) is 13.1 Å². The van der Waals surface area contributed by atoms with Gasteiger partial charge in [0.15, 0.2) is 10.9 Å². The van der Waals surface area contributed by atoms with E-state index in [2.05, 4.69) is 0 Å². The highest BCUT2D eigenvalue weighted by molar-refractivity contribution is 7.98. The predicted octanol–water partition coefficient (Wildman–Crippen LogP) is 2.64. The van der Waals surface area contributed by atoms with Crippen LogP contribution in [-0.4, -0.2) is 35.3 Å². The van der Waals surface area contributed by atoms with E-state index in [4.69, 9.17) is 9.52 Å². The van der Waals surface area contributed by atoms with E-state index >= 15 is 0 Å². The second-order valence-electron chi connectivity index (χ2n) is 4.26. The molecule has 0 bridgehead atoms. The quantitative estimate of drug-likeness (QED) is 0.831. The highest BCUT2D eigenvalue weighted by Crippen LogP contribution is 2.19. The summed E-state index contributed by atoms with van der Waals surface area (Å²) in [4.78, 5) is 14.0. The van der Waals surface area contributed by atoms with Crippen LogP contribution < -0.4 is 0 Å². The molecule has 4 nitrogen and oxygen atoms in total. The van der Waals surface area contributed by atoms with Gasteiger partial charge in [-0.3, -0.25) is 4.79 Å². The maximum atomic E-state index is 12.4. The molecule has 0 spiro atoms. The number of carbonyl (C=O) groups excluding carboxylic acids is 1. The largest absolute Gasteiger partial charge is 0.445 e. The Labute approximate surface area is 122 Å². The summed E-state index contributed by atoms with van der Waals surface area (Å²) in [6, 6.07) is 13.1. The van der Waals surface area contributed by atoms with E-state index in [1.165, 1.54) is 11.8 Å². The SMILES string of the molecule is CSc1ccc(C(=O)N(CCO)Cc2ccccc2)o1. The predicted molar refractivity (Wildman–Crippen MR) is 78.8 cm³/mol. The number of rotatable bonds is 6. The average molecular weight is 291 g/mol. The van der Waals surface area contributed by atoms with Gasteiger partial charge >= 0.3 is 0 Å². The fourth-order valence-electron chi connectivity index (χ4n) is 1.88. The van der Waals surface area contributed by atoms with Crippen LogP contribution in [0.4, 0.5) is 0 Å². The standard InChI is InChI=1S/C15H17NO3S/c1-20-14-8-7-13(19-14)15(18)16(9-10-17)11-12-5-3-2-4-6-12/h2-8,17H,9-11H2,1H3. The Kier molecular flexibility index (Phi) is 5.26. The van der Waals surface area contributed by atoms with E-state index in [-0.39, 0.29) is 19.1 Å². The van der Waals surface area contributed by atoms with Crippen molar-refractivity contribution in [3.63, 3.8) is 0 Å². The first kappa shape index (κ1) is 14.7. The minimum absolute atomic E-state index is 0.0747. The molecule has 0 aliphatic rings. The van der Waals surface area contributed by atoms with Crippen molar-refractivity contribution in [2.24, 2.45) is 0 Å². The van der Waals surface area contributed by atoms with E-state index in [0.29, 0.717) is 17.4 Å². The van der Waals surface area contributed by atoms with Gasteiger partial charge < -0.3 is 14.4 Å². The number of benzene rings is 1. The lowest BCUT2D eigenvalue weighted by Gasteiger charge is -2.20. The average Bonchev–Trinajstić information content (AvgIpc) is 2.96. The van der Waals surface area contributed by atoms with Crippen molar-refractivity contribution in [1.82, 2.24) is 4.90 Å². The van der Waals surface area contributed by atoms with Crippen molar-refractivity contribution in [3.05, 3.63) is 53.8 Å². The first-order valence-electron chi connectivity index (χ1n) is 6.32. The summed E-state index contributed by atoms with van der Waals surface area (Å²) in [6.07, 6.45) is 1.89. The molecular weight excluding hydrogens is 274 g/mol. The maximum Gasteiger partial charge on any atom is 0.289 e. The van der Waals surface area contributed by atoms with Crippen LogP contribution in [0.2, 0.25) is 0 Å². The van der Waals surface area contributed by atoms with E-state index in [9.17, 15) is 4.79 Å². The number of nitrogens with zero attached hydrogens (tertiary/aromatic N) is 1. The number of aliphatic hydroxyl groups is 1. The molecule has 1 aromatic carbocycles. The third kappa shape index (κ3) is 3.65. The van der Waals surface area contributed by atoms with E-state index < -0.39 is 0 Å². The van der Waals surface area contributed by atoms with E-state index in [1.807, 2.05) is 36.6 Å². The zero-order chi connectivity index (χ0) is 14.4. The van der Waals surface area contributed by atoms with Crippen LogP contribution in [0.25, 0.3) is 0 Å². The Balaban J connectivity index is 2.13. The molecule has 106 valence electrons. The summed E-state index contributed by atoms with van der Waals surface area (Å²) in [6.45, 7) is 0.660. The van der Waals surface area contributed by atoms with Crippen molar-refractivity contribution in [2.75, 3.05) is 19.4 Å². The molecule has 2 rings (SSSR count). The van der Waals surface area contributed by atoms with Crippen LogP contribution in [-0.2, 0) is 6.54 Å². The van der Waals surface area contributed by atoms with Crippen molar-refractivity contribution < 1.29 is 14.3 Å². The van der Waals surface area contributed by atoms with Gasteiger partial charge in [-0.05, 0) is 24.0 Å². The van der Waals surface area contributed by atoms with Gasteiger partial charge in [0.25, 0.3) is 5.91 Å². The Hall–Kier alpha value is -1.72. The summed E-state index contributed by atoms with van der Waals surface area (Å²) < 4.78 is 5.45. The van der Waals surface area contributed by atoms with Crippen LogP contribution >= 0.6 is 11.8 Å². The van der Waals surface area contributed by atoms with Crippen LogP contribution in [0.15, 0.2) is 52.0 Å². The molecule has 0 saturated heterocycles. The summed E-state index contributed by atoms with van der Waals surface area (Å²) in [5, 5.41) is 9.84. The smallest absolute Gasteiger partial charge is 0.289 e. The minimum Gasteiger partial charge on any atom is -0.445 e. The highest BCUT2D eigenvalue weighted by Gasteiger charge is 2.19. The molecule has 2 aromatic rings. The summed E-state index contributed by atoms with van der Waals surface area (Å²) in [7, 11) is 0. The van der Waals surface area contributed by atoms with Crippen molar-refractivity contribution in [2.45, 2.75) is 11.6 Å². The molecule has 0 aliphatic heterocycles. The van der Waals surface area contributed by atoms with Gasteiger partial charge in [-0.15, -0.1) is 0 Å². The molecule has 0 fully saturated rings. The van der Waals surface area contributed by atoms with Gasteiger partial charge in [-0.25, -0.2) is 0 Å². The molecule has 0 radical (unpaired) electrons. The van der Waals surface area contributed by atoms with Crippen LogP contribution in [0.3, 0.4) is 0 Å². The normalized spacial score (nSPS) is 10.5. The monoisotopic (exact) mass is 291 g/mol. The van der Waals surface area contributed by atoms with E-state index in [0.717, 1.165) is 5.56 Å². The number of aliphatic hydroxyl groups excluding tert-OH is 1. The fourth-order valence-corrected chi connectivity index (χ4v) is 2.25. The first-order chi connectivity index (χ1) is 9.74. The molecule has 0 aliphatic carbocycles. The van der Waals surface area contributed by atoms with Crippen molar-refractivity contribution in [1.29, 1.82) is 0 Å². The Morgan fingerprint density at radius 3 is 2.60 bits per heavy atom. The minimum atomic E-state index is -0.205. The molecule has 1 N–H and O–H groups in total. The lowest BCUT2D eigenvalue weighted by molar-refractivity contribution is 0.0670. The molecule has 1 amide bonds.